The lowest BCUT2D eigenvalue weighted by atomic mass is 9.94. The first-order chi connectivity index (χ1) is 10.2. The van der Waals surface area contributed by atoms with E-state index in [9.17, 15) is 4.39 Å². The largest absolute Gasteiger partial charge is 0.494 e. The fraction of sp³-hybridized carbons (Fsp3) is 0.333. The zero-order chi connectivity index (χ0) is 15.2. The Balaban J connectivity index is 2.50. The van der Waals surface area contributed by atoms with Crippen LogP contribution in [0.3, 0.4) is 0 Å². The summed E-state index contributed by atoms with van der Waals surface area (Å²) in [4.78, 5) is 0. The SMILES string of the molecule is CCNC(c1cc(F)ccc1C)c1ccccc1OCC. The zero-order valence-electron chi connectivity index (χ0n) is 12.8. The average molecular weight is 287 g/mol. The summed E-state index contributed by atoms with van der Waals surface area (Å²) < 4.78 is 19.4. The Morgan fingerprint density at radius 3 is 2.57 bits per heavy atom. The number of halogens is 1. The molecule has 0 radical (unpaired) electrons. The number of hydrogen-bond acceptors (Lipinski definition) is 2. The van der Waals surface area contributed by atoms with Crippen molar-refractivity contribution in [3.63, 3.8) is 0 Å². The van der Waals surface area contributed by atoms with Crippen molar-refractivity contribution in [2.45, 2.75) is 26.8 Å². The Morgan fingerprint density at radius 1 is 1.10 bits per heavy atom. The van der Waals surface area contributed by atoms with Gasteiger partial charge in [-0.2, -0.15) is 0 Å². The van der Waals surface area contributed by atoms with Crippen molar-refractivity contribution >= 4 is 0 Å². The number of hydrogen-bond donors (Lipinski definition) is 1. The maximum atomic E-state index is 13.7. The number of benzene rings is 2. The molecular formula is C18H22FNO. The van der Waals surface area contributed by atoms with Crippen LogP contribution in [0.5, 0.6) is 5.75 Å². The van der Waals surface area contributed by atoms with Crippen LogP contribution in [0.2, 0.25) is 0 Å². The molecule has 0 bridgehead atoms. The van der Waals surface area contributed by atoms with E-state index >= 15 is 0 Å². The average Bonchev–Trinajstić information content (AvgIpc) is 2.49. The molecule has 0 fully saturated rings. The molecule has 0 aliphatic rings. The predicted octanol–water partition coefficient (Wildman–Crippen LogP) is 4.23. The van der Waals surface area contributed by atoms with Crippen LogP contribution < -0.4 is 10.1 Å². The topological polar surface area (TPSA) is 21.3 Å². The number of nitrogens with one attached hydrogen (secondary N) is 1. The molecule has 2 aromatic carbocycles. The van der Waals surface area contributed by atoms with Crippen LogP contribution in [0.15, 0.2) is 42.5 Å². The lowest BCUT2D eigenvalue weighted by Gasteiger charge is -2.23. The highest BCUT2D eigenvalue weighted by Crippen LogP contribution is 2.32. The number of rotatable bonds is 6. The van der Waals surface area contributed by atoms with E-state index in [1.54, 1.807) is 6.07 Å². The molecule has 0 amide bonds. The Kier molecular flexibility index (Phi) is 5.34. The molecule has 1 unspecified atom stereocenters. The predicted molar refractivity (Wildman–Crippen MR) is 84.3 cm³/mol. The monoisotopic (exact) mass is 287 g/mol. The molecule has 0 aliphatic carbocycles. The van der Waals surface area contributed by atoms with Gasteiger partial charge in [0.05, 0.1) is 12.6 Å². The first-order valence-electron chi connectivity index (χ1n) is 7.38. The van der Waals surface area contributed by atoms with Gasteiger partial charge in [0.1, 0.15) is 11.6 Å². The summed E-state index contributed by atoms with van der Waals surface area (Å²) in [7, 11) is 0. The minimum atomic E-state index is -0.215. The smallest absolute Gasteiger partial charge is 0.124 e. The van der Waals surface area contributed by atoms with Gasteiger partial charge in [-0.05, 0) is 49.7 Å². The fourth-order valence-corrected chi connectivity index (χ4v) is 2.52. The fourth-order valence-electron chi connectivity index (χ4n) is 2.52. The van der Waals surface area contributed by atoms with E-state index in [1.165, 1.54) is 6.07 Å². The van der Waals surface area contributed by atoms with Crippen molar-refractivity contribution in [1.29, 1.82) is 0 Å². The van der Waals surface area contributed by atoms with Crippen molar-refractivity contribution in [3.05, 3.63) is 65.0 Å². The molecule has 0 saturated heterocycles. The highest BCUT2D eigenvalue weighted by atomic mass is 19.1. The first kappa shape index (κ1) is 15.5. The maximum absolute atomic E-state index is 13.7. The van der Waals surface area contributed by atoms with Gasteiger partial charge < -0.3 is 10.1 Å². The van der Waals surface area contributed by atoms with Crippen LogP contribution in [0.4, 0.5) is 4.39 Å². The minimum Gasteiger partial charge on any atom is -0.494 e. The lowest BCUT2D eigenvalue weighted by Crippen LogP contribution is -2.23. The summed E-state index contributed by atoms with van der Waals surface area (Å²) in [5.41, 5.74) is 3.05. The van der Waals surface area contributed by atoms with Crippen LogP contribution in [0, 0.1) is 12.7 Å². The van der Waals surface area contributed by atoms with Gasteiger partial charge in [0.25, 0.3) is 0 Å². The van der Waals surface area contributed by atoms with E-state index in [4.69, 9.17) is 4.74 Å². The summed E-state index contributed by atoms with van der Waals surface area (Å²) in [5, 5.41) is 3.44. The second kappa shape index (κ2) is 7.23. The molecule has 0 aromatic heterocycles. The molecule has 0 heterocycles. The zero-order valence-corrected chi connectivity index (χ0v) is 12.8. The quantitative estimate of drug-likeness (QED) is 0.858. The van der Waals surface area contributed by atoms with Crippen LogP contribution in [-0.4, -0.2) is 13.2 Å². The standard InChI is InChI=1S/C18H22FNO/c1-4-20-18(16-12-14(19)11-10-13(16)3)15-8-6-7-9-17(15)21-5-2/h6-12,18,20H,4-5H2,1-3H3. The van der Waals surface area contributed by atoms with Crippen molar-refractivity contribution in [2.24, 2.45) is 0 Å². The maximum Gasteiger partial charge on any atom is 0.124 e. The minimum absolute atomic E-state index is 0.0755. The third kappa shape index (κ3) is 3.61. The van der Waals surface area contributed by atoms with Gasteiger partial charge in [-0.1, -0.05) is 31.2 Å². The Morgan fingerprint density at radius 2 is 1.86 bits per heavy atom. The highest BCUT2D eigenvalue weighted by Gasteiger charge is 2.19. The summed E-state index contributed by atoms with van der Waals surface area (Å²) >= 11 is 0. The second-order valence-corrected chi connectivity index (χ2v) is 4.96. The van der Waals surface area contributed by atoms with Crippen molar-refractivity contribution in [2.75, 3.05) is 13.2 Å². The van der Waals surface area contributed by atoms with Crippen molar-refractivity contribution in [1.82, 2.24) is 5.32 Å². The molecular weight excluding hydrogens is 265 g/mol. The van der Waals surface area contributed by atoms with Crippen LogP contribution in [0.1, 0.15) is 36.6 Å². The van der Waals surface area contributed by atoms with Gasteiger partial charge in [-0.3, -0.25) is 0 Å². The van der Waals surface area contributed by atoms with Crippen molar-refractivity contribution in [3.8, 4) is 5.75 Å². The molecule has 0 saturated carbocycles. The molecule has 1 atom stereocenters. The third-order valence-corrected chi connectivity index (χ3v) is 3.49. The second-order valence-electron chi connectivity index (χ2n) is 4.96. The van der Waals surface area contributed by atoms with E-state index in [-0.39, 0.29) is 11.9 Å². The van der Waals surface area contributed by atoms with Crippen LogP contribution >= 0.6 is 0 Å². The molecule has 112 valence electrons. The van der Waals surface area contributed by atoms with Gasteiger partial charge in [0.15, 0.2) is 0 Å². The molecule has 0 aliphatic heterocycles. The molecule has 2 aromatic rings. The Bertz CT molecular complexity index is 598. The van der Waals surface area contributed by atoms with Gasteiger partial charge in [-0.25, -0.2) is 4.39 Å². The van der Waals surface area contributed by atoms with Crippen molar-refractivity contribution < 1.29 is 9.13 Å². The highest BCUT2D eigenvalue weighted by molar-refractivity contribution is 5.44. The molecule has 1 N–H and O–H groups in total. The summed E-state index contributed by atoms with van der Waals surface area (Å²) in [6.45, 7) is 7.42. The molecule has 0 spiro atoms. The van der Waals surface area contributed by atoms with E-state index in [0.717, 1.165) is 29.0 Å². The summed E-state index contributed by atoms with van der Waals surface area (Å²) in [6.07, 6.45) is 0. The third-order valence-electron chi connectivity index (χ3n) is 3.49. The Hall–Kier alpha value is -1.87. The van der Waals surface area contributed by atoms with Gasteiger partial charge in [-0.15, -0.1) is 0 Å². The summed E-state index contributed by atoms with van der Waals surface area (Å²) in [5.74, 6) is 0.627. The normalized spacial score (nSPS) is 12.2. The number of ether oxygens (including phenoxy) is 1. The molecule has 3 heteroatoms. The number of para-hydroxylation sites is 1. The van der Waals surface area contributed by atoms with E-state index in [0.29, 0.717) is 6.61 Å². The first-order valence-corrected chi connectivity index (χ1v) is 7.38. The Labute approximate surface area is 126 Å². The van der Waals surface area contributed by atoms with E-state index in [2.05, 4.69) is 5.32 Å². The van der Waals surface area contributed by atoms with Crippen LogP contribution in [-0.2, 0) is 0 Å². The summed E-state index contributed by atoms with van der Waals surface area (Å²) in [6, 6.07) is 12.8. The lowest BCUT2D eigenvalue weighted by molar-refractivity contribution is 0.333. The van der Waals surface area contributed by atoms with Crippen LogP contribution in [0.25, 0.3) is 0 Å². The molecule has 2 rings (SSSR count). The van der Waals surface area contributed by atoms with Gasteiger partial charge in [0, 0.05) is 5.56 Å². The number of aryl methyl sites for hydroxylation is 1. The molecule has 21 heavy (non-hydrogen) atoms. The molecule has 2 nitrogen and oxygen atoms in total. The van der Waals surface area contributed by atoms with E-state index < -0.39 is 0 Å². The van der Waals surface area contributed by atoms with E-state index in [1.807, 2.05) is 51.1 Å². The van der Waals surface area contributed by atoms with Gasteiger partial charge in [0.2, 0.25) is 0 Å². The van der Waals surface area contributed by atoms with Gasteiger partial charge >= 0.3 is 0 Å².